The van der Waals surface area contributed by atoms with Crippen molar-refractivity contribution in [2.75, 3.05) is 11.4 Å². The van der Waals surface area contributed by atoms with E-state index in [1.165, 1.54) is 16.8 Å². The Labute approximate surface area is 232 Å². The normalized spacial score (nSPS) is 23.8. The number of likely N-dealkylation sites (N-methyl/N-ethyl adjacent to an activating group) is 1. The molecule has 6 rings (SSSR count). The van der Waals surface area contributed by atoms with Crippen LogP contribution in [0.5, 0.6) is 0 Å². The largest absolute Gasteiger partial charge is 0.360 e. The van der Waals surface area contributed by atoms with E-state index in [0.29, 0.717) is 0 Å². The molecule has 0 saturated heterocycles. The van der Waals surface area contributed by atoms with Crippen LogP contribution in [-0.4, -0.2) is 17.9 Å². The SMILES string of the molecule is CCN1c2ccccc2[C@](C)(CC)[C@]12C=C(c1ccccc1)C=C(c1ccccc1)[C@@H]2C(=O)c1ccccc1. The van der Waals surface area contributed by atoms with Gasteiger partial charge in [0.15, 0.2) is 5.78 Å². The fraction of sp³-hybridized carbons (Fsp3) is 0.216. The van der Waals surface area contributed by atoms with E-state index in [1.807, 2.05) is 36.4 Å². The zero-order valence-corrected chi connectivity index (χ0v) is 23.0. The molecule has 2 nitrogen and oxygen atoms in total. The first-order chi connectivity index (χ1) is 19.0. The number of allylic oxidation sites excluding steroid dienone is 2. The lowest BCUT2D eigenvalue weighted by atomic mass is 9.55. The van der Waals surface area contributed by atoms with E-state index < -0.39 is 11.5 Å². The Morgan fingerprint density at radius 1 is 0.744 bits per heavy atom. The van der Waals surface area contributed by atoms with Crippen LogP contribution in [-0.2, 0) is 5.41 Å². The summed E-state index contributed by atoms with van der Waals surface area (Å²) < 4.78 is 0. The molecule has 1 aliphatic heterocycles. The minimum Gasteiger partial charge on any atom is -0.360 e. The molecule has 0 radical (unpaired) electrons. The smallest absolute Gasteiger partial charge is 0.173 e. The van der Waals surface area contributed by atoms with Gasteiger partial charge in [-0.2, -0.15) is 0 Å². The van der Waals surface area contributed by atoms with Crippen molar-refractivity contribution in [3.8, 4) is 0 Å². The van der Waals surface area contributed by atoms with E-state index in [9.17, 15) is 4.79 Å². The number of hydrogen-bond acceptors (Lipinski definition) is 2. The Hall–Kier alpha value is -4.17. The van der Waals surface area contributed by atoms with Gasteiger partial charge in [-0.15, -0.1) is 0 Å². The minimum atomic E-state index is -0.599. The Morgan fingerprint density at radius 2 is 1.31 bits per heavy atom. The molecular weight excluding hydrogens is 474 g/mol. The van der Waals surface area contributed by atoms with Crippen molar-refractivity contribution in [1.29, 1.82) is 0 Å². The van der Waals surface area contributed by atoms with Crippen LogP contribution in [0.3, 0.4) is 0 Å². The third-order valence-corrected chi connectivity index (χ3v) is 9.12. The maximum Gasteiger partial charge on any atom is 0.173 e. The Kier molecular flexibility index (Phi) is 6.35. The summed E-state index contributed by atoms with van der Waals surface area (Å²) in [6.07, 6.45) is 5.61. The van der Waals surface area contributed by atoms with Crippen LogP contribution in [0.15, 0.2) is 127 Å². The molecule has 3 atom stereocenters. The van der Waals surface area contributed by atoms with Gasteiger partial charge >= 0.3 is 0 Å². The number of Topliss-reactive ketones (excluding diaryl/α,β-unsaturated/α-hetero) is 1. The van der Waals surface area contributed by atoms with Crippen molar-refractivity contribution >= 4 is 22.6 Å². The average molecular weight is 510 g/mol. The number of fused-ring (bicyclic) bond motifs is 1. The topological polar surface area (TPSA) is 20.3 Å². The van der Waals surface area contributed by atoms with Gasteiger partial charge in [-0.1, -0.05) is 123 Å². The molecule has 0 bridgehead atoms. The van der Waals surface area contributed by atoms with Crippen LogP contribution in [0.4, 0.5) is 5.69 Å². The van der Waals surface area contributed by atoms with Crippen molar-refractivity contribution in [3.05, 3.63) is 150 Å². The number of carbonyl (C=O) groups excluding carboxylic acids is 1. The molecule has 4 aromatic rings. The van der Waals surface area contributed by atoms with Gasteiger partial charge in [0, 0.05) is 23.2 Å². The highest BCUT2D eigenvalue weighted by Gasteiger charge is 2.63. The monoisotopic (exact) mass is 509 g/mol. The van der Waals surface area contributed by atoms with Crippen LogP contribution in [0.1, 0.15) is 54.2 Å². The van der Waals surface area contributed by atoms with E-state index >= 15 is 0 Å². The molecule has 4 aromatic carbocycles. The van der Waals surface area contributed by atoms with Crippen molar-refractivity contribution < 1.29 is 4.79 Å². The summed E-state index contributed by atoms with van der Waals surface area (Å²) in [5.74, 6) is -0.230. The average Bonchev–Trinajstić information content (AvgIpc) is 3.21. The molecule has 2 heteroatoms. The number of carbonyl (C=O) groups is 1. The predicted octanol–water partition coefficient (Wildman–Crippen LogP) is 8.61. The second kappa shape index (κ2) is 9.85. The summed E-state index contributed by atoms with van der Waals surface area (Å²) in [5, 5.41) is 0. The molecule has 0 fully saturated rings. The predicted molar refractivity (Wildman–Crippen MR) is 163 cm³/mol. The highest BCUT2D eigenvalue weighted by molar-refractivity contribution is 6.10. The van der Waals surface area contributed by atoms with Crippen LogP contribution in [0, 0.1) is 5.92 Å². The number of para-hydroxylation sites is 1. The van der Waals surface area contributed by atoms with Gasteiger partial charge in [0.1, 0.15) is 0 Å². The third kappa shape index (κ3) is 3.73. The first-order valence-corrected chi connectivity index (χ1v) is 14.1. The van der Waals surface area contributed by atoms with E-state index in [0.717, 1.165) is 35.2 Å². The summed E-state index contributed by atoms with van der Waals surface area (Å²) in [6.45, 7) is 7.67. The highest BCUT2D eigenvalue weighted by Crippen LogP contribution is 2.62. The Morgan fingerprint density at radius 3 is 1.92 bits per heavy atom. The first kappa shape index (κ1) is 25.1. The van der Waals surface area contributed by atoms with Crippen molar-refractivity contribution in [2.24, 2.45) is 5.92 Å². The molecule has 1 aliphatic carbocycles. The summed E-state index contributed by atoms with van der Waals surface area (Å²) in [4.78, 5) is 17.4. The van der Waals surface area contributed by atoms with Crippen LogP contribution in [0.2, 0.25) is 0 Å². The molecule has 0 saturated carbocycles. The van der Waals surface area contributed by atoms with Crippen molar-refractivity contribution in [3.63, 3.8) is 0 Å². The second-order valence-electron chi connectivity index (χ2n) is 10.9. The van der Waals surface area contributed by atoms with E-state index in [4.69, 9.17) is 0 Å². The lowest BCUT2D eigenvalue weighted by Gasteiger charge is -2.54. The molecule has 0 aromatic heterocycles. The number of rotatable bonds is 6. The number of anilines is 1. The number of nitrogens with zero attached hydrogens (tertiary/aromatic N) is 1. The van der Waals surface area contributed by atoms with Gasteiger partial charge in [-0.3, -0.25) is 4.79 Å². The van der Waals surface area contributed by atoms with Crippen molar-refractivity contribution in [2.45, 2.75) is 38.1 Å². The summed E-state index contributed by atoms with van der Waals surface area (Å²) in [7, 11) is 0. The number of hydrogen-bond donors (Lipinski definition) is 0. The Bertz CT molecular complexity index is 1550. The lowest BCUT2D eigenvalue weighted by Crippen LogP contribution is -2.63. The quantitative estimate of drug-likeness (QED) is 0.243. The highest BCUT2D eigenvalue weighted by atomic mass is 16.1. The van der Waals surface area contributed by atoms with Gasteiger partial charge in [0.05, 0.1) is 11.5 Å². The lowest BCUT2D eigenvalue weighted by molar-refractivity contribution is 0.0874. The zero-order chi connectivity index (χ0) is 27.0. The minimum absolute atomic E-state index is 0.167. The molecule has 39 heavy (non-hydrogen) atoms. The molecule has 1 spiro atoms. The fourth-order valence-electron chi connectivity index (χ4n) is 7.14. The summed E-state index contributed by atoms with van der Waals surface area (Å²) in [5.41, 5.74) is 6.91. The van der Waals surface area contributed by atoms with Gasteiger partial charge < -0.3 is 4.90 Å². The van der Waals surface area contributed by atoms with Gasteiger partial charge in [0.25, 0.3) is 0 Å². The maximum atomic E-state index is 14.9. The standard InChI is InChI=1S/C37H35NO/c1-4-36(3)32-23-15-16-24-33(32)38(5-2)37(36)26-30(27-17-9-6-10-18-27)25-31(28-19-11-7-12-20-28)34(37)35(39)29-21-13-8-14-22-29/h6-26,34H,4-5H2,1-3H3/t34-,36+,37-/m1/s1. The van der Waals surface area contributed by atoms with Gasteiger partial charge in [0.2, 0.25) is 0 Å². The van der Waals surface area contributed by atoms with Crippen LogP contribution >= 0.6 is 0 Å². The van der Waals surface area contributed by atoms with Crippen molar-refractivity contribution in [1.82, 2.24) is 0 Å². The number of benzene rings is 4. The fourth-order valence-corrected chi connectivity index (χ4v) is 7.14. The third-order valence-electron chi connectivity index (χ3n) is 9.12. The molecule has 0 amide bonds. The first-order valence-electron chi connectivity index (χ1n) is 14.1. The molecule has 2 aliphatic rings. The molecular formula is C37H35NO. The van der Waals surface area contributed by atoms with Crippen LogP contribution < -0.4 is 4.90 Å². The number of ketones is 1. The van der Waals surface area contributed by atoms with Gasteiger partial charge in [-0.05, 0) is 59.4 Å². The van der Waals surface area contributed by atoms with E-state index in [2.05, 4.69) is 117 Å². The van der Waals surface area contributed by atoms with E-state index in [1.54, 1.807) is 0 Å². The molecule has 0 N–H and O–H groups in total. The summed E-state index contributed by atoms with van der Waals surface area (Å²) >= 11 is 0. The molecule has 194 valence electrons. The summed E-state index contributed by atoms with van der Waals surface area (Å²) in [6, 6.07) is 39.8. The van der Waals surface area contributed by atoms with E-state index in [-0.39, 0.29) is 11.2 Å². The maximum absolute atomic E-state index is 14.9. The molecule has 0 unspecified atom stereocenters. The Balaban J connectivity index is 1.72. The zero-order valence-electron chi connectivity index (χ0n) is 23.0. The second-order valence-corrected chi connectivity index (χ2v) is 10.9. The van der Waals surface area contributed by atoms with Gasteiger partial charge in [-0.25, -0.2) is 0 Å². The molecule has 1 heterocycles. The van der Waals surface area contributed by atoms with Crippen LogP contribution in [0.25, 0.3) is 11.1 Å².